The van der Waals surface area contributed by atoms with Crippen molar-refractivity contribution in [2.24, 2.45) is 0 Å². The molecule has 0 N–H and O–H groups in total. The molecule has 3 nitrogen and oxygen atoms in total. The Labute approximate surface area is 201 Å². The van der Waals surface area contributed by atoms with Gasteiger partial charge in [0, 0.05) is 6.61 Å². The fourth-order valence-corrected chi connectivity index (χ4v) is 4.52. The van der Waals surface area contributed by atoms with E-state index < -0.39 is 50.0 Å². The van der Waals surface area contributed by atoms with Crippen LogP contribution in [0.25, 0.3) is 0 Å². The molecule has 0 aromatic rings. The molecule has 0 bridgehead atoms. The van der Waals surface area contributed by atoms with E-state index in [0.29, 0.717) is 6.61 Å². The van der Waals surface area contributed by atoms with Gasteiger partial charge in [0.15, 0.2) is 0 Å². The van der Waals surface area contributed by atoms with Crippen LogP contribution in [0.4, 0.5) is 0 Å². The predicted octanol–water partition coefficient (Wildman–Crippen LogP) is 5.35. The summed E-state index contributed by atoms with van der Waals surface area (Å²) in [5.41, 5.74) is 11.4. The van der Waals surface area contributed by atoms with Gasteiger partial charge >= 0.3 is 0 Å². The smallest absolute Gasteiger partial charge is 0.276 e. The van der Waals surface area contributed by atoms with Crippen LogP contribution in [0.3, 0.4) is 0 Å². The minimum absolute atomic E-state index is 0.447. The molecule has 0 amide bonds. The van der Waals surface area contributed by atoms with Gasteiger partial charge in [-0.05, 0) is 6.92 Å². The van der Waals surface area contributed by atoms with Crippen LogP contribution in [0.2, 0.25) is 78.6 Å². The van der Waals surface area contributed by atoms with E-state index in [-0.39, 0.29) is 0 Å². The highest BCUT2D eigenvalue weighted by atomic mass is 28.3. The van der Waals surface area contributed by atoms with Gasteiger partial charge in [-0.2, -0.15) is 0 Å². The van der Waals surface area contributed by atoms with Crippen molar-refractivity contribution in [2.45, 2.75) is 103 Å². The molecular weight excluding hydrogens is 461 g/mol. The van der Waals surface area contributed by atoms with Crippen molar-refractivity contribution in [1.29, 1.82) is 0 Å². The summed E-state index contributed by atoms with van der Waals surface area (Å²) in [6.07, 6.45) is 0. The molecule has 0 aromatic carbocycles. The zero-order valence-electron chi connectivity index (χ0n) is 22.5. The third-order valence-corrected chi connectivity index (χ3v) is 7.30. The predicted molar refractivity (Wildman–Crippen MR) is 148 cm³/mol. The maximum Gasteiger partial charge on any atom is 0.276 e. The van der Waals surface area contributed by atoms with Gasteiger partial charge in [0.05, 0.1) is 0 Å². The lowest BCUT2D eigenvalue weighted by atomic mass is 9.85. The van der Waals surface area contributed by atoms with Gasteiger partial charge in [-0.25, -0.2) is 0 Å². The average Bonchev–Trinajstić information content (AvgIpc) is 2.87. The van der Waals surface area contributed by atoms with Crippen molar-refractivity contribution < 1.29 is 14.2 Å². The van der Waals surface area contributed by atoms with E-state index in [9.17, 15) is 0 Å². The minimum atomic E-state index is -1.74. The average molecular weight is 503 g/mol. The van der Waals surface area contributed by atoms with Crippen molar-refractivity contribution in [2.75, 3.05) is 6.61 Å². The Hall–Kier alpha value is -1.01. The van der Waals surface area contributed by atoms with Crippen LogP contribution in [0.5, 0.6) is 0 Å². The first-order valence-electron chi connectivity index (χ1n) is 11.4. The first kappa shape index (κ1) is 29.0. The molecule has 1 heterocycles. The summed E-state index contributed by atoms with van der Waals surface area (Å²) in [6, 6.07) is 0. The van der Waals surface area contributed by atoms with Crippen LogP contribution in [0, 0.1) is 45.9 Å². The van der Waals surface area contributed by atoms with Crippen LogP contribution in [-0.4, -0.2) is 56.6 Å². The SMILES string of the molecule is CCOC1OC(C#C[Si](C)(C)C)(C#C[Si](C)(C)C)C(C#C[Si](C)(C)C)(C#C[Si](C)(C)C)O1. The van der Waals surface area contributed by atoms with Gasteiger partial charge in [-0.1, -0.05) is 102 Å². The van der Waals surface area contributed by atoms with E-state index in [2.05, 4.69) is 124 Å². The summed E-state index contributed by atoms with van der Waals surface area (Å²) in [5.74, 6) is 13.7. The number of hydrogen-bond acceptors (Lipinski definition) is 3. The molecular formula is C25H42O3Si4. The van der Waals surface area contributed by atoms with E-state index >= 15 is 0 Å². The molecule has 0 unspecified atom stereocenters. The van der Waals surface area contributed by atoms with E-state index in [1.165, 1.54) is 0 Å². The Morgan fingerprint density at radius 2 is 0.812 bits per heavy atom. The molecule has 0 radical (unpaired) electrons. The van der Waals surface area contributed by atoms with Gasteiger partial charge in [0.2, 0.25) is 11.2 Å². The van der Waals surface area contributed by atoms with Gasteiger partial charge in [-0.3, -0.25) is 9.47 Å². The van der Waals surface area contributed by atoms with Crippen LogP contribution >= 0.6 is 0 Å². The molecule has 1 rings (SSSR count). The molecule has 0 saturated carbocycles. The van der Waals surface area contributed by atoms with E-state index in [1.54, 1.807) is 0 Å². The lowest BCUT2D eigenvalue weighted by Gasteiger charge is -2.28. The molecule has 32 heavy (non-hydrogen) atoms. The molecule has 1 saturated heterocycles. The normalized spacial score (nSPS) is 18.2. The fourth-order valence-electron chi connectivity index (χ4n) is 2.32. The number of rotatable bonds is 2. The molecule has 0 spiro atoms. The van der Waals surface area contributed by atoms with Crippen LogP contribution < -0.4 is 0 Å². The monoisotopic (exact) mass is 502 g/mol. The van der Waals surface area contributed by atoms with E-state index in [0.717, 1.165) is 0 Å². The van der Waals surface area contributed by atoms with Gasteiger partial charge in [0.1, 0.15) is 32.3 Å². The van der Waals surface area contributed by atoms with E-state index in [1.807, 2.05) is 6.92 Å². The number of hydrogen-bond donors (Lipinski definition) is 0. The minimum Gasteiger partial charge on any atom is -0.330 e. The second-order valence-electron chi connectivity index (χ2n) is 12.3. The van der Waals surface area contributed by atoms with Crippen molar-refractivity contribution >= 4 is 32.3 Å². The van der Waals surface area contributed by atoms with Gasteiger partial charge in [-0.15, -0.1) is 22.2 Å². The Morgan fingerprint density at radius 3 is 1.00 bits per heavy atom. The topological polar surface area (TPSA) is 27.7 Å². The largest absolute Gasteiger partial charge is 0.330 e. The maximum atomic E-state index is 6.41. The lowest BCUT2D eigenvalue weighted by molar-refractivity contribution is -0.242. The fraction of sp³-hybridized carbons (Fsp3) is 0.680. The van der Waals surface area contributed by atoms with Crippen molar-refractivity contribution in [3.05, 3.63) is 0 Å². The molecule has 1 fully saturated rings. The molecule has 176 valence electrons. The standard InChI is InChI=1S/C25H42O3Si4/c1-14-26-23-27-24(15-19-29(2,3)4,16-20-30(5,6)7)25(28-23,17-21-31(8,9)10)18-22-32(11,12)13/h23H,14H2,1-13H3. The van der Waals surface area contributed by atoms with Crippen molar-refractivity contribution in [3.8, 4) is 45.9 Å². The zero-order valence-corrected chi connectivity index (χ0v) is 26.5. The summed E-state index contributed by atoms with van der Waals surface area (Å²) < 4.78 is 18.6. The summed E-state index contributed by atoms with van der Waals surface area (Å²) >= 11 is 0. The Morgan fingerprint density at radius 1 is 0.562 bits per heavy atom. The number of ether oxygens (including phenoxy) is 3. The molecule has 0 aromatic heterocycles. The molecule has 0 aliphatic carbocycles. The first-order chi connectivity index (χ1) is 14.2. The highest BCUT2D eigenvalue weighted by Gasteiger charge is 2.60. The summed E-state index contributed by atoms with van der Waals surface area (Å²) in [7, 11) is -6.97. The zero-order chi connectivity index (χ0) is 25.1. The third-order valence-electron chi connectivity index (χ3n) is 3.80. The van der Waals surface area contributed by atoms with E-state index in [4.69, 9.17) is 14.2 Å². The summed E-state index contributed by atoms with van der Waals surface area (Å²) in [4.78, 5) is 0. The summed E-state index contributed by atoms with van der Waals surface area (Å²) in [5, 5.41) is 0. The van der Waals surface area contributed by atoms with Gasteiger partial charge < -0.3 is 4.74 Å². The van der Waals surface area contributed by atoms with Crippen LogP contribution in [0.15, 0.2) is 0 Å². The van der Waals surface area contributed by atoms with Crippen LogP contribution in [0.1, 0.15) is 6.92 Å². The molecule has 0 atom stereocenters. The first-order valence-corrected chi connectivity index (χ1v) is 25.4. The lowest BCUT2D eigenvalue weighted by Crippen LogP contribution is -2.49. The highest BCUT2D eigenvalue weighted by Crippen LogP contribution is 2.39. The molecule has 1 aliphatic rings. The van der Waals surface area contributed by atoms with Crippen molar-refractivity contribution in [3.63, 3.8) is 0 Å². The summed E-state index contributed by atoms with van der Waals surface area (Å²) in [6.45, 7) is 27.9. The van der Waals surface area contributed by atoms with Crippen LogP contribution in [-0.2, 0) is 14.2 Å². The Balaban J connectivity index is 4.06. The second kappa shape index (κ2) is 10.1. The molecule has 1 aliphatic heterocycles. The third kappa shape index (κ3) is 9.46. The maximum absolute atomic E-state index is 6.41. The Bertz CT molecular complexity index is 788. The van der Waals surface area contributed by atoms with Gasteiger partial charge in [0.25, 0.3) is 6.48 Å². The van der Waals surface area contributed by atoms with Crippen molar-refractivity contribution in [1.82, 2.24) is 0 Å². The molecule has 7 heteroatoms. The second-order valence-corrected chi connectivity index (χ2v) is 31.3. The quantitative estimate of drug-likeness (QED) is 0.376. The highest BCUT2D eigenvalue weighted by molar-refractivity contribution is 6.85. The Kier molecular flexibility index (Phi) is 9.15.